The average Bonchev–Trinajstić information content (AvgIpc) is 2.71. The molecule has 2 rings (SSSR count). The Kier molecular flexibility index (Phi) is 5.74. The highest BCUT2D eigenvalue weighted by Crippen LogP contribution is 2.27. The summed E-state index contributed by atoms with van der Waals surface area (Å²) in [6.07, 6.45) is 3.58. The van der Waals surface area contributed by atoms with Gasteiger partial charge in [0.2, 0.25) is 0 Å². The third kappa shape index (κ3) is 3.87. The highest BCUT2D eigenvalue weighted by Gasteiger charge is 2.20. The lowest BCUT2D eigenvalue weighted by Gasteiger charge is -2.09. The van der Waals surface area contributed by atoms with Crippen LogP contribution >= 0.6 is 24.0 Å². The largest absolute Gasteiger partial charge is 0.370 e. The predicted octanol–water partition coefficient (Wildman–Crippen LogP) is 1.94. The summed E-state index contributed by atoms with van der Waals surface area (Å²) < 4.78 is 0. The molecular formula is C13H20IN3. The number of aliphatic imine (C=N–C) groups is 1. The maximum absolute atomic E-state index is 5.58. The lowest BCUT2D eigenvalue weighted by Crippen LogP contribution is -2.32. The maximum Gasteiger partial charge on any atom is 0.188 e. The van der Waals surface area contributed by atoms with E-state index in [2.05, 4.69) is 34.6 Å². The monoisotopic (exact) mass is 345 g/mol. The minimum atomic E-state index is 0. The molecule has 94 valence electrons. The number of nitrogens with two attached hydrogens (primary N) is 1. The van der Waals surface area contributed by atoms with Gasteiger partial charge in [-0.1, -0.05) is 24.3 Å². The van der Waals surface area contributed by atoms with Gasteiger partial charge in [0.05, 0.1) is 0 Å². The molecule has 17 heavy (non-hydrogen) atoms. The van der Waals surface area contributed by atoms with Crippen LogP contribution in [0.1, 0.15) is 17.5 Å². The van der Waals surface area contributed by atoms with Crippen molar-refractivity contribution in [2.75, 3.05) is 13.6 Å². The molecule has 1 aliphatic carbocycles. The third-order valence-electron chi connectivity index (χ3n) is 3.24. The Hall–Kier alpha value is -0.780. The van der Waals surface area contributed by atoms with Crippen LogP contribution in [0.3, 0.4) is 0 Å². The highest BCUT2D eigenvalue weighted by molar-refractivity contribution is 14.0. The van der Waals surface area contributed by atoms with Crippen molar-refractivity contribution in [2.24, 2.45) is 16.6 Å². The molecular weight excluding hydrogens is 325 g/mol. The van der Waals surface area contributed by atoms with E-state index >= 15 is 0 Å². The normalized spacial score (nSPS) is 15.2. The van der Waals surface area contributed by atoms with Crippen LogP contribution in [0.5, 0.6) is 0 Å². The molecule has 0 aromatic heterocycles. The molecule has 3 N–H and O–H groups in total. The fraction of sp³-hybridized carbons (Fsp3) is 0.462. The van der Waals surface area contributed by atoms with Gasteiger partial charge in [-0.3, -0.25) is 4.99 Å². The average molecular weight is 345 g/mol. The van der Waals surface area contributed by atoms with Crippen molar-refractivity contribution in [3.8, 4) is 0 Å². The molecule has 1 aromatic carbocycles. The van der Waals surface area contributed by atoms with E-state index in [1.165, 1.54) is 24.0 Å². The zero-order valence-electron chi connectivity index (χ0n) is 10.1. The summed E-state index contributed by atoms with van der Waals surface area (Å²) in [6.45, 7) is 0.918. The first-order chi connectivity index (χ1) is 7.79. The number of guanidine groups is 1. The summed E-state index contributed by atoms with van der Waals surface area (Å²) in [5.41, 5.74) is 8.62. The minimum Gasteiger partial charge on any atom is -0.370 e. The molecule has 0 bridgehead atoms. The molecule has 0 spiro atoms. The van der Waals surface area contributed by atoms with E-state index in [0.29, 0.717) is 5.96 Å². The van der Waals surface area contributed by atoms with Crippen LogP contribution in [0.25, 0.3) is 0 Å². The molecule has 0 atom stereocenters. The fourth-order valence-corrected chi connectivity index (χ4v) is 2.34. The van der Waals surface area contributed by atoms with Crippen LogP contribution in [0, 0.1) is 5.92 Å². The van der Waals surface area contributed by atoms with Crippen molar-refractivity contribution in [3.05, 3.63) is 35.4 Å². The smallest absolute Gasteiger partial charge is 0.188 e. The van der Waals surface area contributed by atoms with Crippen LogP contribution in [-0.4, -0.2) is 19.6 Å². The van der Waals surface area contributed by atoms with Crippen LogP contribution < -0.4 is 11.1 Å². The van der Waals surface area contributed by atoms with Gasteiger partial charge in [0.15, 0.2) is 5.96 Å². The summed E-state index contributed by atoms with van der Waals surface area (Å²) in [6, 6.07) is 8.73. The highest BCUT2D eigenvalue weighted by atomic mass is 127. The zero-order chi connectivity index (χ0) is 11.4. The van der Waals surface area contributed by atoms with Gasteiger partial charge >= 0.3 is 0 Å². The number of halogens is 1. The van der Waals surface area contributed by atoms with E-state index in [0.717, 1.165) is 18.9 Å². The molecule has 0 saturated carbocycles. The van der Waals surface area contributed by atoms with Gasteiger partial charge in [-0.25, -0.2) is 0 Å². The summed E-state index contributed by atoms with van der Waals surface area (Å²) in [5.74, 6) is 1.30. The molecule has 0 fully saturated rings. The van der Waals surface area contributed by atoms with Crippen molar-refractivity contribution in [2.45, 2.75) is 19.3 Å². The predicted molar refractivity (Wildman–Crippen MR) is 82.9 cm³/mol. The van der Waals surface area contributed by atoms with E-state index in [9.17, 15) is 0 Å². The lowest BCUT2D eigenvalue weighted by molar-refractivity contribution is 0.510. The second-order valence-corrected chi connectivity index (χ2v) is 4.37. The summed E-state index contributed by atoms with van der Waals surface area (Å²) >= 11 is 0. The van der Waals surface area contributed by atoms with E-state index in [4.69, 9.17) is 5.73 Å². The molecule has 3 nitrogen and oxygen atoms in total. The Bertz CT molecular complexity index is 365. The Morgan fingerprint density at radius 1 is 1.35 bits per heavy atom. The van der Waals surface area contributed by atoms with Gasteiger partial charge in [0, 0.05) is 13.6 Å². The van der Waals surface area contributed by atoms with Crippen molar-refractivity contribution >= 4 is 29.9 Å². The molecule has 0 heterocycles. The Morgan fingerprint density at radius 3 is 2.47 bits per heavy atom. The van der Waals surface area contributed by atoms with E-state index in [-0.39, 0.29) is 24.0 Å². The Balaban J connectivity index is 0.00000144. The maximum atomic E-state index is 5.58. The molecule has 0 saturated heterocycles. The molecule has 1 aliphatic rings. The molecule has 0 aliphatic heterocycles. The molecule has 0 radical (unpaired) electrons. The number of hydrogen-bond acceptors (Lipinski definition) is 1. The van der Waals surface area contributed by atoms with E-state index in [1.54, 1.807) is 7.05 Å². The first-order valence-electron chi connectivity index (χ1n) is 5.82. The van der Waals surface area contributed by atoms with Crippen LogP contribution in [0.15, 0.2) is 29.3 Å². The first kappa shape index (κ1) is 14.3. The fourth-order valence-electron chi connectivity index (χ4n) is 2.34. The Labute approximate surface area is 120 Å². The minimum absolute atomic E-state index is 0. The first-order valence-corrected chi connectivity index (χ1v) is 5.82. The SMILES string of the molecule is CN=C(N)NCCC1Cc2ccccc2C1.I. The number of nitrogens with one attached hydrogen (secondary N) is 1. The molecule has 0 unspecified atom stereocenters. The van der Waals surface area contributed by atoms with Gasteiger partial charge in [0.1, 0.15) is 0 Å². The topological polar surface area (TPSA) is 50.4 Å². The number of hydrogen-bond donors (Lipinski definition) is 2. The van der Waals surface area contributed by atoms with Crippen LogP contribution in [0.4, 0.5) is 0 Å². The molecule has 1 aromatic rings. The van der Waals surface area contributed by atoms with Crippen molar-refractivity contribution in [1.29, 1.82) is 0 Å². The number of nitrogens with zero attached hydrogens (tertiary/aromatic N) is 1. The quantitative estimate of drug-likeness (QED) is 0.500. The summed E-state index contributed by atoms with van der Waals surface area (Å²) in [4.78, 5) is 3.88. The van der Waals surface area contributed by atoms with Crippen molar-refractivity contribution in [1.82, 2.24) is 5.32 Å². The summed E-state index contributed by atoms with van der Waals surface area (Å²) in [7, 11) is 1.70. The zero-order valence-corrected chi connectivity index (χ0v) is 12.5. The van der Waals surface area contributed by atoms with Gasteiger partial charge in [-0.05, 0) is 36.3 Å². The molecule has 0 amide bonds. The number of rotatable bonds is 3. The van der Waals surface area contributed by atoms with Gasteiger partial charge < -0.3 is 11.1 Å². The van der Waals surface area contributed by atoms with Gasteiger partial charge in [0.25, 0.3) is 0 Å². The van der Waals surface area contributed by atoms with Crippen molar-refractivity contribution < 1.29 is 0 Å². The third-order valence-corrected chi connectivity index (χ3v) is 3.24. The standard InChI is InChI=1S/C13H19N3.HI/c1-15-13(14)16-7-6-10-8-11-4-2-3-5-12(11)9-10;/h2-5,10H,6-9H2,1H3,(H3,14,15,16);1H. The van der Waals surface area contributed by atoms with Crippen molar-refractivity contribution in [3.63, 3.8) is 0 Å². The number of fused-ring (bicyclic) bond motifs is 1. The second kappa shape index (κ2) is 6.83. The van der Waals surface area contributed by atoms with E-state index < -0.39 is 0 Å². The van der Waals surface area contributed by atoms with Gasteiger partial charge in [-0.15, -0.1) is 24.0 Å². The van der Waals surface area contributed by atoms with Gasteiger partial charge in [-0.2, -0.15) is 0 Å². The second-order valence-electron chi connectivity index (χ2n) is 4.37. The number of benzene rings is 1. The van der Waals surface area contributed by atoms with Crippen LogP contribution in [-0.2, 0) is 12.8 Å². The molecule has 4 heteroatoms. The Morgan fingerprint density at radius 2 is 1.94 bits per heavy atom. The summed E-state index contributed by atoms with van der Waals surface area (Å²) in [5, 5.41) is 3.11. The lowest BCUT2D eigenvalue weighted by atomic mass is 10.0. The van der Waals surface area contributed by atoms with Crippen LogP contribution in [0.2, 0.25) is 0 Å². The van der Waals surface area contributed by atoms with E-state index in [1.807, 2.05) is 0 Å².